The van der Waals surface area contributed by atoms with E-state index >= 15 is 0 Å². The smallest absolute Gasteiger partial charge is 0.185 e. The van der Waals surface area contributed by atoms with Crippen molar-refractivity contribution < 1.29 is 13.9 Å². The summed E-state index contributed by atoms with van der Waals surface area (Å²) in [6.45, 7) is -0.158. The zero-order chi connectivity index (χ0) is 17.2. The summed E-state index contributed by atoms with van der Waals surface area (Å²) >= 11 is 1.34. The summed E-state index contributed by atoms with van der Waals surface area (Å²) in [5, 5.41) is 19.7. The lowest BCUT2D eigenvalue weighted by Crippen LogP contribution is -2.38. The molecule has 10 heteroatoms. The SMILES string of the molecule is CSc1ncnn1CC(O)(Cn1cncn1)c1ccc(F)cc1F. The lowest BCUT2D eigenvalue weighted by atomic mass is 9.93. The maximum absolute atomic E-state index is 14.3. The van der Waals surface area contributed by atoms with E-state index in [2.05, 4.69) is 20.2 Å². The van der Waals surface area contributed by atoms with E-state index in [1.807, 2.05) is 6.26 Å². The maximum atomic E-state index is 14.3. The maximum Gasteiger partial charge on any atom is 0.185 e. The lowest BCUT2D eigenvalue weighted by molar-refractivity contribution is -0.0108. The summed E-state index contributed by atoms with van der Waals surface area (Å²) in [5.41, 5.74) is -1.77. The first kappa shape index (κ1) is 16.5. The summed E-state index contributed by atoms with van der Waals surface area (Å²) in [6.07, 6.45) is 5.88. The average Bonchev–Trinajstić information content (AvgIpc) is 3.18. The van der Waals surface area contributed by atoms with Crippen LogP contribution >= 0.6 is 11.8 Å². The second kappa shape index (κ2) is 6.65. The van der Waals surface area contributed by atoms with Gasteiger partial charge in [0.1, 0.15) is 36.2 Å². The highest BCUT2D eigenvalue weighted by atomic mass is 32.2. The number of nitrogens with zero attached hydrogens (tertiary/aromatic N) is 6. The van der Waals surface area contributed by atoms with Crippen LogP contribution in [0.4, 0.5) is 8.78 Å². The van der Waals surface area contributed by atoms with Gasteiger partial charge in [-0.25, -0.2) is 28.1 Å². The standard InChI is InChI=1S/C14H14F2N6OS/c1-24-13-18-8-20-22(13)6-14(23,5-21-9-17-7-19-21)11-3-2-10(15)4-12(11)16/h2-4,7-9,23H,5-6H2,1H3. The molecule has 0 aliphatic rings. The highest BCUT2D eigenvalue weighted by Gasteiger charge is 2.35. The number of benzene rings is 1. The molecule has 3 aromatic rings. The van der Waals surface area contributed by atoms with E-state index < -0.39 is 17.2 Å². The number of halogens is 2. The van der Waals surface area contributed by atoms with E-state index in [4.69, 9.17) is 0 Å². The molecular formula is C14H14F2N6OS. The molecule has 126 valence electrons. The van der Waals surface area contributed by atoms with E-state index in [0.717, 1.165) is 12.1 Å². The quantitative estimate of drug-likeness (QED) is 0.677. The van der Waals surface area contributed by atoms with Gasteiger partial charge in [-0.2, -0.15) is 10.2 Å². The molecular weight excluding hydrogens is 338 g/mol. The largest absolute Gasteiger partial charge is 0.381 e. The third-order valence-electron chi connectivity index (χ3n) is 3.50. The Morgan fingerprint density at radius 3 is 2.71 bits per heavy atom. The molecule has 0 saturated heterocycles. The molecule has 1 N–H and O–H groups in total. The molecule has 1 atom stereocenters. The minimum absolute atomic E-state index is 0.0537. The molecule has 2 aromatic heterocycles. The van der Waals surface area contributed by atoms with Crippen LogP contribution < -0.4 is 0 Å². The van der Waals surface area contributed by atoms with Gasteiger partial charge in [0.05, 0.1) is 13.1 Å². The fourth-order valence-corrected chi connectivity index (χ4v) is 2.91. The fourth-order valence-electron chi connectivity index (χ4n) is 2.44. The topological polar surface area (TPSA) is 81.6 Å². The Labute approximate surface area is 140 Å². The van der Waals surface area contributed by atoms with Crippen molar-refractivity contribution in [1.29, 1.82) is 0 Å². The Morgan fingerprint density at radius 2 is 2.04 bits per heavy atom. The van der Waals surface area contributed by atoms with Gasteiger partial charge in [0.2, 0.25) is 0 Å². The van der Waals surface area contributed by atoms with Gasteiger partial charge in [-0.3, -0.25) is 0 Å². The van der Waals surface area contributed by atoms with Gasteiger partial charge in [0.25, 0.3) is 0 Å². The predicted molar refractivity (Wildman–Crippen MR) is 82.1 cm³/mol. The highest BCUT2D eigenvalue weighted by molar-refractivity contribution is 7.98. The molecule has 1 aromatic carbocycles. The molecule has 0 radical (unpaired) electrons. The van der Waals surface area contributed by atoms with Crippen molar-refractivity contribution in [3.05, 3.63) is 54.4 Å². The van der Waals surface area contributed by atoms with Gasteiger partial charge in [0.15, 0.2) is 5.16 Å². The van der Waals surface area contributed by atoms with Gasteiger partial charge >= 0.3 is 0 Å². The van der Waals surface area contributed by atoms with Crippen LogP contribution in [0.3, 0.4) is 0 Å². The van der Waals surface area contributed by atoms with Crippen molar-refractivity contribution in [2.45, 2.75) is 23.8 Å². The van der Waals surface area contributed by atoms with Crippen LogP contribution in [0, 0.1) is 11.6 Å². The summed E-state index contributed by atoms with van der Waals surface area (Å²) in [7, 11) is 0. The van der Waals surface area contributed by atoms with Crippen molar-refractivity contribution in [3.8, 4) is 0 Å². The zero-order valence-corrected chi connectivity index (χ0v) is 13.5. The second-order valence-corrected chi connectivity index (χ2v) is 5.93. The molecule has 0 fully saturated rings. The molecule has 1 unspecified atom stereocenters. The number of aliphatic hydroxyl groups is 1. The number of rotatable bonds is 6. The van der Waals surface area contributed by atoms with Gasteiger partial charge < -0.3 is 5.11 Å². The van der Waals surface area contributed by atoms with Crippen LogP contribution in [-0.4, -0.2) is 40.9 Å². The van der Waals surface area contributed by atoms with Crippen LogP contribution in [0.1, 0.15) is 5.56 Å². The first-order chi connectivity index (χ1) is 11.5. The Morgan fingerprint density at radius 1 is 1.21 bits per heavy atom. The minimum atomic E-state index is -1.72. The minimum Gasteiger partial charge on any atom is -0.381 e. The van der Waals surface area contributed by atoms with Crippen molar-refractivity contribution in [2.75, 3.05) is 6.26 Å². The molecule has 24 heavy (non-hydrogen) atoms. The Hall–Kier alpha value is -2.33. The van der Waals surface area contributed by atoms with Crippen molar-refractivity contribution >= 4 is 11.8 Å². The van der Waals surface area contributed by atoms with Gasteiger partial charge in [-0.1, -0.05) is 17.8 Å². The highest BCUT2D eigenvalue weighted by Crippen LogP contribution is 2.29. The molecule has 0 saturated carbocycles. The molecule has 0 amide bonds. The second-order valence-electron chi connectivity index (χ2n) is 5.15. The Balaban J connectivity index is 2.03. The summed E-state index contributed by atoms with van der Waals surface area (Å²) in [4.78, 5) is 7.88. The van der Waals surface area contributed by atoms with Gasteiger partial charge in [-0.15, -0.1) is 0 Å². The lowest BCUT2D eigenvalue weighted by Gasteiger charge is -2.29. The summed E-state index contributed by atoms with van der Waals surface area (Å²) < 4.78 is 30.4. The van der Waals surface area contributed by atoms with E-state index in [9.17, 15) is 13.9 Å². The van der Waals surface area contributed by atoms with Crippen molar-refractivity contribution in [2.24, 2.45) is 0 Å². The molecule has 2 heterocycles. The van der Waals surface area contributed by atoms with E-state index in [1.165, 1.54) is 46.2 Å². The normalized spacial score (nSPS) is 13.8. The molecule has 0 aliphatic carbocycles. The third kappa shape index (κ3) is 3.29. The van der Waals surface area contributed by atoms with Crippen LogP contribution in [0.25, 0.3) is 0 Å². The Kier molecular flexibility index (Phi) is 4.58. The zero-order valence-electron chi connectivity index (χ0n) is 12.7. The number of hydrogen-bond donors (Lipinski definition) is 1. The first-order valence-corrected chi connectivity index (χ1v) is 8.16. The van der Waals surface area contributed by atoms with E-state index in [1.54, 1.807) is 0 Å². The predicted octanol–water partition coefficient (Wildman–Crippen LogP) is 1.46. The van der Waals surface area contributed by atoms with Crippen LogP contribution in [0.2, 0.25) is 0 Å². The average molecular weight is 352 g/mol. The molecule has 0 bridgehead atoms. The van der Waals surface area contributed by atoms with Gasteiger partial charge in [0, 0.05) is 11.6 Å². The molecule has 0 aliphatic heterocycles. The molecule has 7 nitrogen and oxygen atoms in total. The Bertz CT molecular complexity index is 825. The summed E-state index contributed by atoms with van der Waals surface area (Å²) in [6, 6.07) is 3.05. The molecule has 0 spiro atoms. The van der Waals surface area contributed by atoms with E-state index in [-0.39, 0.29) is 18.7 Å². The van der Waals surface area contributed by atoms with Crippen LogP contribution in [0.5, 0.6) is 0 Å². The third-order valence-corrected chi connectivity index (χ3v) is 4.18. The monoisotopic (exact) mass is 352 g/mol. The summed E-state index contributed by atoms with van der Waals surface area (Å²) in [5.74, 6) is -1.56. The van der Waals surface area contributed by atoms with Crippen LogP contribution in [0.15, 0.2) is 42.3 Å². The van der Waals surface area contributed by atoms with Crippen molar-refractivity contribution in [1.82, 2.24) is 29.5 Å². The first-order valence-electron chi connectivity index (χ1n) is 6.94. The number of hydrogen-bond acceptors (Lipinski definition) is 6. The van der Waals surface area contributed by atoms with Gasteiger partial charge in [-0.05, 0) is 12.3 Å². The molecule has 3 rings (SSSR count). The number of thioether (sulfide) groups is 1. The van der Waals surface area contributed by atoms with Crippen molar-refractivity contribution in [3.63, 3.8) is 0 Å². The number of aromatic nitrogens is 6. The fraction of sp³-hybridized carbons (Fsp3) is 0.286. The van der Waals surface area contributed by atoms with E-state index in [0.29, 0.717) is 5.16 Å². The van der Waals surface area contributed by atoms with Crippen LogP contribution in [-0.2, 0) is 18.7 Å².